The summed E-state index contributed by atoms with van der Waals surface area (Å²) in [5.74, 6) is 0.270. The molecule has 2 heterocycles. The van der Waals surface area contributed by atoms with Crippen LogP contribution in [0.5, 0.6) is 0 Å². The smallest absolute Gasteiger partial charge is 0.316 e. The van der Waals surface area contributed by atoms with Crippen molar-refractivity contribution in [1.29, 1.82) is 0 Å². The summed E-state index contributed by atoms with van der Waals surface area (Å²) < 4.78 is 38.5. The first-order chi connectivity index (χ1) is 7.97. The molecule has 1 aromatic heterocycles. The second-order valence-corrected chi connectivity index (χ2v) is 4.57. The van der Waals surface area contributed by atoms with Crippen LogP contribution in [0.2, 0.25) is 0 Å². The molecule has 0 aliphatic carbocycles. The first-order valence-electron chi connectivity index (χ1n) is 5.70. The van der Waals surface area contributed by atoms with Crippen LogP contribution in [-0.2, 0) is 12.6 Å². The topological polar surface area (TPSA) is 24.9 Å². The van der Waals surface area contributed by atoms with Crippen molar-refractivity contribution in [3.05, 3.63) is 29.1 Å². The lowest BCUT2D eigenvalue weighted by molar-refractivity contribution is -0.138. The zero-order valence-corrected chi connectivity index (χ0v) is 9.64. The van der Waals surface area contributed by atoms with Gasteiger partial charge in [0.05, 0.1) is 11.3 Å². The fraction of sp³-hybridized carbons (Fsp3) is 0.583. The summed E-state index contributed by atoms with van der Waals surface area (Å²) in [6.07, 6.45) is -1.47. The Morgan fingerprint density at radius 1 is 1.47 bits per heavy atom. The van der Waals surface area contributed by atoms with Crippen molar-refractivity contribution >= 4 is 0 Å². The summed E-state index contributed by atoms with van der Waals surface area (Å²) in [5, 5.41) is 3.15. The van der Waals surface area contributed by atoms with Gasteiger partial charge in [0.15, 0.2) is 0 Å². The van der Waals surface area contributed by atoms with Crippen molar-refractivity contribution in [2.24, 2.45) is 5.92 Å². The van der Waals surface area contributed by atoms with Gasteiger partial charge in [0.25, 0.3) is 0 Å². The van der Waals surface area contributed by atoms with Gasteiger partial charge in [-0.2, -0.15) is 13.2 Å². The summed E-state index contributed by atoms with van der Waals surface area (Å²) in [5.41, 5.74) is 0.145. The molecule has 94 valence electrons. The minimum atomic E-state index is -4.31. The highest BCUT2D eigenvalue weighted by atomic mass is 19.4. The molecule has 1 aliphatic heterocycles. The maximum atomic E-state index is 12.8. The molecule has 0 radical (unpaired) electrons. The number of nitrogens with one attached hydrogen (secondary N) is 1. The number of halogens is 3. The predicted octanol–water partition coefficient (Wildman–Crippen LogP) is 2.56. The highest BCUT2D eigenvalue weighted by molar-refractivity contribution is 5.27. The van der Waals surface area contributed by atoms with Crippen LogP contribution in [0.25, 0.3) is 0 Å². The Kier molecular flexibility index (Phi) is 3.38. The van der Waals surface area contributed by atoms with Gasteiger partial charge in [-0.25, -0.2) is 0 Å². The zero-order chi connectivity index (χ0) is 12.5. The van der Waals surface area contributed by atoms with Crippen LogP contribution in [0, 0.1) is 12.8 Å². The molecule has 5 heteroatoms. The van der Waals surface area contributed by atoms with Gasteiger partial charge in [-0.05, 0) is 50.4 Å². The monoisotopic (exact) mass is 244 g/mol. The third-order valence-corrected chi connectivity index (χ3v) is 3.06. The predicted molar refractivity (Wildman–Crippen MR) is 58.7 cm³/mol. The highest BCUT2D eigenvalue weighted by Crippen LogP contribution is 2.33. The lowest BCUT2D eigenvalue weighted by Crippen LogP contribution is -2.16. The average molecular weight is 244 g/mol. The molecular weight excluding hydrogens is 229 g/mol. The first kappa shape index (κ1) is 12.4. The third kappa shape index (κ3) is 2.97. The SMILES string of the molecule is Cc1cnc(CC2CCNC2)c(C(F)(F)F)c1. The molecule has 1 aliphatic rings. The molecule has 0 saturated carbocycles. The van der Waals surface area contributed by atoms with E-state index in [9.17, 15) is 13.2 Å². The highest BCUT2D eigenvalue weighted by Gasteiger charge is 2.34. The van der Waals surface area contributed by atoms with E-state index in [0.717, 1.165) is 19.5 Å². The molecule has 2 rings (SSSR count). The summed E-state index contributed by atoms with van der Waals surface area (Å²) in [4.78, 5) is 3.96. The number of hydrogen-bond acceptors (Lipinski definition) is 2. The van der Waals surface area contributed by atoms with Gasteiger partial charge in [-0.15, -0.1) is 0 Å². The Balaban J connectivity index is 2.25. The zero-order valence-electron chi connectivity index (χ0n) is 9.64. The Morgan fingerprint density at radius 3 is 2.82 bits per heavy atom. The molecule has 0 spiro atoms. The Hall–Kier alpha value is -1.10. The van der Waals surface area contributed by atoms with Crippen molar-refractivity contribution in [2.75, 3.05) is 13.1 Å². The van der Waals surface area contributed by atoms with Crippen LogP contribution in [0.1, 0.15) is 23.2 Å². The molecule has 0 bridgehead atoms. The Labute approximate surface area is 98.2 Å². The van der Waals surface area contributed by atoms with E-state index in [2.05, 4.69) is 10.3 Å². The number of nitrogens with zero attached hydrogens (tertiary/aromatic N) is 1. The fourth-order valence-corrected chi connectivity index (χ4v) is 2.17. The Bertz CT molecular complexity index is 395. The number of rotatable bonds is 2. The molecule has 1 saturated heterocycles. The second-order valence-electron chi connectivity index (χ2n) is 4.57. The maximum absolute atomic E-state index is 12.8. The van der Waals surface area contributed by atoms with Gasteiger partial charge >= 0.3 is 6.18 Å². The molecule has 17 heavy (non-hydrogen) atoms. The summed E-state index contributed by atoms with van der Waals surface area (Å²) in [6, 6.07) is 1.19. The van der Waals surface area contributed by atoms with E-state index in [4.69, 9.17) is 0 Å². The first-order valence-corrected chi connectivity index (χ1v) is 5.70. The minimum Gasteiger partial charge on any atom is -0.316 e. The van der Waals surface area contributed by atoms with Crippen molar-refractivity contribution in [3.8, 4) is 0 Å². The second kappa shape index (κ2) is 4.64. The molecule has 0 aromatic carbocycles. The standard InChI is InChI=1S/C12H15F3N2/c1-8-4-10(12(13,14)15)11(17-6-8)5-9-2-3-16-7-9/h4,6,9,16H,2-3,5,7H2,1H3. The van der Waals surface area contributed by atoms with Crippen LogP contribution in [-0.4, -0.2) is 18.1 Å². The van der Waals surface area contributed by atoms with E-state index >= 15 is 0 Å². The number of aryl methyl sites for hydroxylation is 1. The molecular formula is C12H15F3N2. The van der Waals surface area contributed by atoms with Crippen LogP contribution in [0.15, 0.2) is 12.3 Å². The van der Waals surface area contributed by atoms with Gasteiger partial charge in [-0.3, -0.25) is 4.98 Å². The molecule has 2 nitrogen and oxygen atoms in total. The number of aromatic nitrogens is 1. The van der Waals surface area contributed by atoms with E-state index in [1.165, 1.54) is 12.3 Å². The molecule has 1 N–H and O–H groups in total. The van der Waals surface area contributed by atoms with Crippen molar-refractivity contribution in [1.82, 2.24) is 10.3 Å². The van der Waals surface area contributed by atoms with Crippen molar-refractivity contribution in [3.63, 3.8) is 0 Å². The third-order valence-electron chi connectivity index (χ3n) is 3.06. The van der Waals surface area contributed by atoms with Gasteiger partial charge in [0.1, 0.15) is 0 Å². The van der Waals surface area contributed by atoms with E-state index < -0.39 is 11.7 Å². The van der Waals surface area contributed by atoms with Crippen molar-refractivity contribution < 1.29 is 13.2 Å². The van der Waals surface area contributed by atoms with Crippen LogP contribution in [0.4, 0.5) is 13.2 Å². The van der Waals surface area contributed by atoms with Gasteiger partial charge < -0.3 is 5.32 Å². The van der Waals surface area contributed by atoms with Gasteiger partial charge in [-0.1, -0.05) is 0 Å². The van der Waals surface area contributed by atoms with E-state index in [-0.39, 0.29) is 11.6 Å². The normalized spacial score (nSPS) is 20.8. The number of hydrogen-bond donors (Lipinski definition) is 1. The largest absolute Gasteiger partial charge is 0.418 e. The van der Waals surface area contributed by atoms with E-state index in [1.54, 1.807) is 6.92 Å². The number of pyridine rings is 1. The quantitative estimate of drug-likeness (QED) is 0.864. The van der Waals surface area contributed by atoms with Gasteiger partial charge in [0.2, 0.25) is 0 Å². The molecule has 1 aromatic rings. The van der Waals surface area contributed by atoms with Crippen molar-refractivity contribution in [2.45, 2.75) is 25.9 Å². The number of alkyl halides is 3. The molecule has 1 fully saturated rings. The Morgan fingerprint density at radius 2 is 2.24 bits per heavy atom. The van der Waals surface area contributed by atoms with Crippen LogP contribution in [0.3, 0.4) is 0 Å². The summed E-state index contributed by atoms with van der Waals surface area (Å²) in [6.45, 7) is 3.30. The molecule has 0 amide bonds. The lowest BCUT2D eigenvalue weighted by Gasteiger charge is -2.15. The lowest BCUT2D eigenvalue weighted by atomic mass is 9.98. The fourth-order valence-electron chi connectivity index (χ4n) is 2.17. The molecule has 1 unspecified atom stereocenters. The van der Waals surface area contributed by atoms with Crippen LogP contribution >= 0.6 is 0 Å². The van der Waals surface area contributed by atoms with E-state index in [0.29, 0.717) is 12.0 Å². The minimum absolute atomic E-state index is 0.178. The average Bonchev–Trinajstić information content (AvgIpc) is 2.72. The van der Waals surface area contributed by atoms with E-state index in [1.807, 2.05) is 0 Å². The summed E-state index contributed by atoms with van der Waals surface area (Å²) in [7, 11) is 0. The summed E-state index contributed by atoms with van der Waals surface area (Å²) >= 11 is 0. The van der Waals surface area contributed by atoms with Gasteiger partial charge in [0, 0.05) is 6.20 Å². The maximum Gasteiger partial charge on any atom is 0.418 e. The van der Waals surface area contributed by atoms with Crippen LogP contribution < -0.4 is 5.32 Å². The molecule has 1 atom stereocenters.